The van der Waals surface area contributed by atoms with Gasteiger partial charge < -0.3 is 9.84 Å². The fourth-order valence-electron chi connectivity index (χ4n) is 4.50. The molecule has 0 unspecified atom stereocenters. The zero-order valence-corrected chi connectivity index (χ0v) is 14.8. The number of ether oxygens (including phenoxy) is 1. The minimum absolute atomic E-state index is 0.0547. The predicted molar refractivity (Wildman–Crippen MR) is 94.6 cm³/mol. The average Bonchev–Trinajstić information content (AvgIpc) is 2.93. The Kier molecular flexibility index (Phi) is 4.14. The van der Waals surface area contributed by atoms with E-state index in [-0.39, 0.29) is 23.3 Å². The summed E-state index contributed by atoms with van der Waals surface area (Å²) in [7, 11) is 1.78. The molecule has 2 fully saturated rings. The van der Waals surface area contributed by atoms with Crippen molar-refractivity contribution in [2.24, 2.45) is 0 Å². The fourth-order valence-corrected chi connectivity index (χ4v) is 4.50. The average molecular weight is 343 g/mol. The molecule has 2 aromatic rings. The molecule has 0 amide bonds. The van der Waals surface area contributed by atoms with E-state index in [1.165, 1.54) is 0 Å². The molecule has 134 valence electrons. The number of aromatic nitrogens is 2. The number of hydrogen-bond donors (Lipinski definition) is 1. The maximum atomic E-state index is 12.4. The Labute approximate surface area is 147 Å². The van der Waals surface area contributed by atoms with Gasteiger partial charge in [0.25, 0.3) is 5.56 Å². The maximum Gasteiger partial charge on any atom is 0.258 e. The normalized spacial score (nSPS) is 29.9. The molecule has 0 bridgehead atoms. The summed E-state index contributed by atoms with van der Waals surface area (Å²) in [5.74, 6) is 0. The number of pyridine rings is 1. The maximum absolute atomic E-state index is 12.4. The number of likely N-dealkylation sites (tertiary alicyclic amines) is 1. The topological polar surface area (TPSA) is 67.1 Å². The Hall–Kier alpha value is -1.76. The van der Waals surface area contributed by atoms with E-state index in [0.29, 0.717) is 12.2 Å². The molecule has 6 heteroatoms. The lowest BCUT2D eigenvalue weighted by molar-refractivity contribution is -0.0880. The number of hydrogen-bond acceptors (Lipinski definition) is 5. The third-order valence-corrected chi connectivity index (χ3v) is 5.91. The van der Waals surface area contributed by atoms with E-state index in [0.717, 1.165) is 43.5 Å². The van der Waals surface area contributed by atoms with Crippen LogP contribution in [0.2, 0.25) is 0 Å². The van der Waals surface area contributed by atoms with Gasteiger partial charge in [0.15, 0.2) is 0 Å². The molecule has 2 aromatic heterocycles. The number of fused-ring (bicyclic) bond motifs is 2. The molecule has 6 nitrogen and oxygen atoms in total. The fraction of sp³-hybridized carbons (Fsp3) is 0.579. The largest absolute Gasteiger partial charge is 0.393 e. The predicted octanol–water partition coefficient (Wildman–Crippen LogP) is 1.51. The van der Waals surface area contributed by atoms with Gasteiger partial charge in [0.2, 0.25) is 0 Å². The lowest BCUT2D eigenvalue weighted by atomic mass is 9.79. The van der Waals surface area contributed by atoms with Crippen LogP contribution in [-0.2, 0) is 11.3 Å². The summed E-state index contributed by atoms with van der Waals surface area (Å²) >= 11 is 0. The lowest BCUT2D eigenvalue weighted by Gasteiger charge is -2.42. The number of aryl methyl sites for hydroxylation is 1. The van der Waals surface area contributed by atoms with Gasteiger partial charge in [0, 0.05) is 38.5 Å². The van der Waals surface area contributed by atoms with Crippen LogP contribution in [0, 0.1) is 6.92 Å². The van der Waals surface area contributed by atoms with Crippen LogP contribution >= 0.6 is 0 Å². The molecule has 25 heavy (non-hydrogen) atoms. The molecule has 0 radical (unpaired) electrons. The molecular weight excluding hydrogens is 318 g/mol. The van der Waals surface area contributed by atoms with Crippen LogP contribution in [0.4, 0.5) is 0 Å². The van der Waals surface area contributed by atoms with Crippen molar-refractivity contribution in [3.05, 3.63) is 46.0 Å². The van der Waals surface area contributed by atoms with E-state index in [1.807, 2.05) is 19.1 Å². The molecular formula is C19H25N3O3. The van der Waals surface area contributed by atoms with Crippen LogP contribution in [0.5, 0.6) is 0 Å². The van der Waals surface area contributed by atoms with Gasteiger partial charge in [0.1, 0.15) is 5.65 Å². The molecule has 1 saturated carbocycles. The summed E-state index contributed by atoms with van der Waals surface area (Å²) in [6, 6.07) is 5.64. The highest BCUT2D eigenvalue weighted by molar-refractivity contribution is 5.41. The Morgan fingerprint density at radius 2 is 2.24 bits per heavy atom. The minimum Gasteiger partial charge on any atom is -0.393 e. The number of aliphatic hydroxyl groups excluding tert-OH is 1. The van der Waals surface area contributed by atoms with Gasteiger partial charge in [-0.05, 0) is 50.3 Å². The summed E-state index contributed by atoms with van der Waals surface area (Å²) in [6.45, 7) is 3.51. The van der Waals surface area contributed by atoms with E-state index in [9.17, 15) is 9.90 Å². The van der Waals surface area contributed by atoms with Gasteiger partial charge in [0.05, 0.1) is 17.4 Å². The van der Waals surface area contributed by atoms with Crippen LogP contribution in [0.15, 0.2) is 29.2 Å². The molecule has 0 aromatic carbocycles. The molecule has 3 heterocycles. The summed E-state index contributed by atoms with van der Waals surface area (Å²) < 4.78 is 7.46. The van der Waals surface area contributed by atoms with Gasteiger partial charge in [-0.15, -0.1) is 0 Å². The zero-order chi connectivity index (χ0) is 17.6. The standard InChI is InChI=1S/C19H25N3O3/c1-13-4-7-22-17(9-13)20-14(10-18(22)24)12-21-8-6-19(25-2)5-3-15(23)11-16(19)21/h4,7,9-10,15-16,23H,3,5-6,8,11-12H2,1-2H3/t15-,16-,19+/m0/s1. The first-order valence-corrected chi connectivity index (χ1v) is 8.97. The monoisotopic (exact) mass is 343 g/mol. The second-order valence-electron chi connectivity index (χ2n) is 7.45. The molecule has 1 N–H and O–H groups in total. The molecule has 1 aliphatic heterocycles. The quantitative estimate of drug-likeness (QED) is 0.915. The van der Waals surface area contributed by atoms with Gasteiger partial charge in [-0.1, -0.05) is 0 Å². The van der Waals surface area contributed by atoms with Crippen molar-refractivity contribution in [1.29, 1.82) is 0 Å². The van der Waals surface area contributed by atoms with E-state index >= 15 is 0 Å². The second kappa shape index (κ2) is 6.20. The SMILES string of the molecule is CO[C@@]12CC[C@H](O)C[C@@H]1N(Cc1cc(=O)n3ccc(C)cc3n1)CC2. The Morgan fingerprint density at radius 1 is 1.40 bits per heavy atom. The Balaban J connectivity index is 1.64. The smallest absolute Gasteiger partial charge is 0.258 e. The van der Waals surface area contributed by atoms with Crippen molar-refractivity contribution in [2.75, 3.05) is 13.7 Å². The van der Waals surface area contributed by atoms with Crippen molar-refractivity contribution in [1.82, 2.24) is 14.3 Å². The van der Waals surface area contributed by atoms with Gasteiger partial charge in [-0.3, -0.25) is 14.1 Å². The van der Waals surface area contributed by atoms with Gasteiger partial charge in [-0.2, -0.15) is 0 Å². The molecule has 2 aliphatic rings. The van der Waals surface area contributed by atoms with E-state index in [4.69, 9.17) is 4.74 Å². The first-order chi connectivity index (χ1) is 12.0. The number of aliphatic hydroxyl groups is 1. The molecule has 0 spiro atoms. The van der Waals surface area contributed by atoms with E-state index in [2.05, 4.69) is 9.88 Å². The third-order valence-electron chi connectivity index (χ3n) is 5.91. The van der Waals surface area contributed by atoms with Crippen molar-refractivity contribution >= 4 is 5.65 Å². The summed E-state index contributed by atoms with van der Waals surface area (Å²) in [6.07, 6.45) is 4.87. The number of nitrogens with zero attached hydrogens (tertiary/aromatic N) is 3. The van der Waals surface area contributed by atoms with E-state index in [1.54, 1.807) is 23.8 Å². The number of methoxy groups -OCH3 is 1. The highest BCUT2D eigenvalue weighted by Gasteiger charge is 2.50. The summed E-state index contributed by atoms with van der Waals surface area (Å²) in [5, 5.41) is 10.1. The highest BCUT2D eigenvalue weighted by atomic mass is 16.5. The molecule has 4 rings (SSSR count). The molecule has 3 atom stereocenters. The number of rotatable bonds is 3. The van der Waals surface area contributed by atoms with Crippen LogP contribution in [0.1, 0.15) is 36.9 Å². The van der Waals surface area contributed by atoms with E-state index < -0.39 is 0 Å². The van der Waals surface area contributed by atoms with Crippen molar-refractivity contribution in [3.63, 3.8) is 0 Å². The third kappa shape index (κ3) is 2.88. The Morgan fingerprint density at radius 3 is 3.04 bits per heavy atom. The summed E-state index contributed by atoms with van der Waals surface area (Å²) in [4.78, 5) is 19.4. The highest BCUT2D eigenvalue weighted by Crippen LogP contribution is 2.42. The van der Waals surface area contributed by atoms with Gasteiger partial charge in [-0.25, -0.2) is 4.98 Å². The lowest BCUT2D eigenvalue weighted by Crippen LogP contribution is -2.51. The van der Waals surface area contributed by atoms with Crippen molar-refractivity contribution in [3.8, 4) is 0 Å². The van der Waals surface area contributed by atoms with Crippen LogP contribution in [0.3, 0.4) is 0 Å². The minimum atomic E-state index is -0.272. The second-order valence-corrected chi connectivity index (χ2v) is 7.45. The molecule has 1 aliphatic carbocycles. The van der Waals surface area contributed by atoms with Gasteiger partial charge >= 0.3 is 0 Å². The van der Waals surface area contributed by atoms with Crippen LogP contribution in [-0.4, -0.2) is 50.8 Å². The Bertz CT molecular complexity index is 849. The van der Waals surface area contributed by atoms with Crippen LogP contribution < -0.4 is 5.56 Å². The summed E-state index contributed by atoms with van der Waals surface area (Å²) in [5.41, 5.74) is 2.33. The van der Waals surface area contributed by atoms with Crippen LogP contribution in [0.25, 0.3) is 5.65 Å². The zero-order valence-electron chi connectivity index (χ0n) is 14.8. The van der Waals surface area contributed by atoms with Crippen molar-refractivity contribution in [2.45, 2.75) is 56.9 Å². The first kappa shape index (κ1) is 16.7. The van der Waals surface area contributed by atoms with Crippen molar-refractivity contribution < 1.29 is 9.84 Å². The first-order valence-electron chi connectivity index (χ1n) is 8.97. The molecule has 1 saturated heterocycles.